The van der Waals surface area contributed by atoms with Crippen LogP contribution in [-0.2, 0) is 17.9 Å². The lowest BCUT2D eigenvalue weighted by molar-refractivity contribution is -0.116. The number of benzene rings is 1. The zero-order valence-electron chi connectivity index (χ0n) is 13.2. The molecule has 1 amide bonds. The summed E-state index contributed by atoms with van der Waals surface area (Å²) in [4.78, 5) is 20.2. The summed E-state index contributed by atoms with van der Waals surface area (Å²) in [6.45, 7) is 1.12. The number of pyridine rings is 1. The van der Waals surface area contributed by atoms with Crippen molar-refractivity contribution in [2.45, 2.75) is 13.1 Å². The van der Waals surface area contributed by atoms with Crippen LogP contribution >= 0.6 is 0 Å². The van der Waals surface area contributed by atoms with Gasteiger partial charge in [0.2, 0.25) is 5.91 Å². The first-order valence-electron chi connectivity index (χ1n) is 7.71. The van der Waals surface area contributed by atoms with E-state index in [9.17, 15) is 4.79 Å². The van der Waals surface area contributed by atoms with Crippen molar-refractivity contribution in [2.24, 2.45) is 0 Å². The summed E-state index contributed by atoms with van der Waals surface area (Å²) in [5.74, 6) is 0.662. The Kier molecular flexibility index (Phi) is 5.14. The molecule has 120 valence electrons. The fourth-order valence-electron chi connectivity index (χ4n) is 2.30. The van der Waals surface area contributed by atoms with Crippen LogP contribution in [0.15, 0.2) is 73.3 Å². The number of rotatable bonds is 6. The Morgan fingerprint density at radius 3 is 2.79 bits per heavy atom. The second-order valence-corrected chi connectivity index (χ2v) is 5.29. The van der Waals surface area contributed by atoms with Gasteiger partial charge in [0.05, 0.1) is 6.54 Å². The normalized spacial score (nSPS) is 10.8. The number of imidazole rings is 1. The topological polar surface area (TPSA) is 59.8 Å². The summed E-state index contributed by atoms with van der Waals surface area (Å²) in [5, 5.41) is 2.85. The second kappa shape index (κ2) is 7.87. The van der Waals surface area contributed by atoms with Gasteiger partial charge in [-0.25, -0.2) is 4.98 Å². The van der Waals surface area contributed by atoms with E-state index in [0.717, 1.165) is 17.9 Å². The molecule has 2 heterocycles. The molecule has 0 bridgehead atoms. The van der Waals surface area contributed by atoms with E-state index >= 15 is 0 Å². The van der Waals surface area contributed by atoms with E-state index in [2.05, 4.69) is 27.4 Å². The van der Waals surface area contributed by atoms with Gasteiger partial charge in [0, 0.05) is 37.4 Å². The summed E-state index contributed by atoms with van der Waals surface area (Å²) in [6.07, 6.45) is 10.3. The Labute approximate surface area is 140 Å². The summed E-state index contributed by atoms with van der Waals surface area (Å²) in [5.41, 5.74) is 2.08. The maximum absolute atomic E-state index is 11.9. The van der Waals surface area contributed by atoms with Gasteiger partial charge in [0.15, 0.2) is 0 Å². The van der Waals surface area contributed by atoms with Crippen LogP contribution < -0.4 is 5.32 Å². The monoisotopic (exact) mass is 318 g/mol. The predicted molar refractivity (Wildman–Crippen MR) is 92.9 cm³/mol. The first kappa shape index (κ1) is 15.7. The third-order valence-electron chi connectivity index (χ3n) is 3.53. The predicted octanol–water partition coefficient (Wildman–Crippen LogP) is 2.66. The van der Waals surface area contributed by atoms with Crippen LogP contribution in [0.1, 0.15) is 17.0 Å². The summed E-state index contributed by atoms with van der Waals surface area (Å²) in [7, 11) is 0. The van der Waals surface area contributed by atoms with Crippen molar-refractivity contribution < 1.29 is 4.79 Å². The van der Waals surface area contributed by atoms with Gasteiger partial charge in [-0.15, -0.1) is 0 Å². The minimum atomic E-state index is -0.159. The molecule has 2 aromatic heterocycles. The molecular formula is C19H18N4O. The standard InChI is InChI=1S/C19H18N4O/c24-19(9-8-16-7-4-10-20-13-16)22-14-18-21-11-12-23(18)15-17-5-2-1-3-6-17/h1-13H,14-15H2,(H,22,24). The molecule has 0 atom stereocenters. The number of carbonyl (C=O) groups excluding carboxylic acids is 1. The van der Waals surface area contributed by atoms with Crippen molar-refractivity contribution in [1.82, 2.24) is 19.9 Å². The van der Waals surface area contributed by atoms with E-state index in [1.807, 2.05) is 41.1 Å². The van der Waals surface area contributed by atoms with Crippen molar-refractivity contribution in [1.29, 1.82) is 0 Å². The molecular weight excluding hydrogens is 300 g/mol. The highest BCUT2D eigenvalue weighted by Gasteiger charge is 2.04. The molecule has 5 heteroatoms. The van der Waals surface area contributed by atoms with Crippen LogP contribution in [0.25, 0.3) is 6.08 Å². The maximum atomic E-state index is 11.9. The fourth-order valence-corrected chi connectivity index (χ4v) is 2.30. The van der Waals surface area contributed by atoms with E-state index in [-0.39, 0.29) is 5.91 Å². The van der Waals surface area contributed by atoms with Crippen molar-refractivity contribution in [3.63, 3.8) is 0 Å². The second-order valence-electron chi connectivity index (χ2n) is 5.29. The molecule has 3 rings (SSSR count). The molecule has 0 unspecified atom stereocenters. The van der Waals surface area contributed by atoms with Crippen molar-refractivity contribution in [3.05, 3.63) is 90.3 Å². The van der Waals surface area contributed by atoms with E-state index in [0.29, 0.717) is 6.54 Å². The summed E-state index contributed by atoms with van der Waals surface area (Å²) >= 11 is 0. The summed E-state index contributed by atoms with van der Waals surface area (Å²) < 4.78 is 2.03. The van der Waals surface area contributed by atoms with Crippen molar-refractivity contribution in [3.8, 4) is 0 Å². The fraction of sp³-hybridized carbons (Fsp3) is 0.105. The molecule has 0 saturated carbocycles. The van der Waals surface area contributed by atoms with Gasteiger partial charge in [0.25, 0.3) is 0 Å². The number of amides is 1. The average molecular weight is 318 g/mol. The highest BCUT2D eigenvalue weighted by molar-refractivity contribution is 5.91. The zero-order chi connectivity index (χ0) is 16.6. The Balaban J connectivity index is 1.56. The molecule has 0 aliphatic carbocycles. The van der Waals surface area contributed by atoms with Gasteiger partial charge in [-0.1, -0.05) is 36.4 Å². The van der Waals surface area contributed by atoms with E-state index in [1.54, 1.807) is 24.7 Å². The van der Waals surface area contributed by atoms with Crippen molar-refractivity contribution >= 4 is 12.0 Å². The molecule has 0 spiro atoms. The SMILES string of the molecule is O=C(C=Cc1cccnc1)NCc1nccn1Cc1ccccc1. The third-order valence-corrected chi connectivity index (χ3v) is 3.53. The first-order valence-corrected chi connectivity index (χ1v) is 7.71. The van der Waals surface area contributed by atoms with Gasteiger partial charge < -0.3 is 9.88 Å². The minimum Gasteiger partial charge on any atom is -0.345 e. The lowest BCUT2D eigenvalue weighted by atomic mass is 10.2. The lowest BCUT2D eigenvalue weighted by Crippen LogP contribution is -2.22. The largest absolute Gasteiger partial charge is 0.345 e. The molecule has 0 fully saturated rings. The number of nitrogens with one attached hydrogen (secondary N) is 1. The quantitative estimate of drug-likeness (QED) is 0.711. The maximum Gasteiger partial charge on any atom is 0.244 e. The molecule has 1 aromatic carbocycles. The van der Waals surface area contributed by atoms with Gasteiger partial charge in [-0.2, -0.15) is 0 Å². The molecule has 0 saturated heterocycles. The molecule has 0 aliphatic rings. The van der Waals surface area contributed by atoms with Crippen LogP contribution in [0.5, 0.6) is 0 Å². The first-order chi connectivity index (χ1) is 11.8. The van der Waals surface area contributed by atoms with Crippen molar-refractivity contribution in [2.75, 3.05) is 0 Å². The van der Waals surface area contributed by atoms with Crippen LogP contribution in [0.2, 0.25) is 0 Å². The Morgan fingerprint density at radius 1 is 1.12 bits per heavy atom. The van der Waals surface area contributed by atoms with Gasteiger partial charge in [-0.3, -0.25) is 9.78 Å². The Hall–Kier alpha value is -3.21. The highest BCUT2D eigenvalue weighted by atomic mass is 16.1. The Morgan fingerprint density at radius 2 is 2.00 bits per heavy atom. The number of hydrogen-bond acceptors (Lipinski definition) is 3. The smallest absolute Gasteiger partial charge is 0.244 e. The van der Waals surface area contributed by atoms with E-state index in [1.165, 1.54) is 11.6 Å². The molecule has 0 radical (unpaired) electrons. The van der Waals surface area contributed by atoms with Crippen LogP contribution in [-0.4, -0.2) is 20.4 Å². The number of nitrogens with zero attached hydrogens (tertiary/aromatic N) is 3. The highest BCUT2D eigenvalue weighted by Crippen LogP contribution is 2.05. The number of carbonyl (C=O) groups is 1. The third kappa shape index (κ3) is 4.39. The molecule has 1 N–H and O–H groups in total. The molecule has 24 heavy (non-hydrogen) atoms. The number of aromatic nitrogens is 3. The summed E-state index contributed by atoms with van der Waals surface area (Å²) in [6, 6.07) is 13.9. The minimum absolute atomic E-state index is 0.159. The van der Waals surface area contributed by atoms with Crippen LogP contribution in [0, 0.1) is 0 Å². The average Bonchev–Trinajstić information content (AvgIpc) is 3.07. The number of hydrogen-bond donors (Lipinski definition) is 1. The molecule has 5 nitrogen and oxygen atoms in total. The van der Waals surface area contributed by atoms with E-state index in [4.69, 9.17) is 0 Å². The van der Waals surface area contributed by atoms with Gasteiger partial charge in [0.1, 0.15) is 5.82 Å². The van der Waals surface area contributed by atoms with Gasteiger partial charge in [-0.05, 0) is 23.3 Å². The molecule has 3 aromatic rings. The Bertz CT molecular complexity index is 810. The van der Waals surface area contributed by atoms with Gasteiger partial charge >= 0.3 is 0 Å². The van der Waals surface area contributed by atoms with E-state index < -0.39 is 0 Å². The zero-order valence-corrected chi connectivity index (χ0v) is 13.2. The van der Waals surface area contributed by atoms with Crippen LogP contribution in [0.4, 0.5) is 0 Å². The lowest BCUT2D eigenvalue weighted by Gasteiger charge is -2.08. The molecule has 0 aliphatic heterocycles. The van der Waals surface area contributed by atoms with Crippen LogP contribution in [0.3, 0.4) is 0 Å².